The third-order valence-corrected chi connectivity index (χ3v) is 6.62. The Bertz CT molecular complexity index is 935. The minimum absolute atomic E-state index is 0.147. The number of ether oxygens (including phenoxy) is 1. The summed E-state index contributed by atoms with van der Waals surface area (Å²) in [5, 5.41) is 0. The van der Waals surface area contributed by atoms with E-state index in [-0.39, 0.29) is 17.9 Å². The molecule has 29 heavy (non-hydrogen) atoms. The molecule has 0 N–H and O–H groups in total. The lowest BCUT2D eigenvalue weighted by Crippen LogP contribution is -2.43. The molecule has 5 rings (SSSR count). The van der Waals surface area contributed by atoms with Gasteiger partial charge in [-0.25, -0.2) is 0 Å². The Labute approximate surface area is 171 Å². The van der Waals surface area contributed by atoms with E-state index in [1.807, 2.05) is 12.1 Å². The molecule has 5 heteroatoms. The van der Waals surface area contributed by atoms with E-state index >= 15 is 0 Å². The number of imide groups is 1. The average molecular weight is 390 g/mol. The van der Waals surface area contributed by atoms with E-state index in [1.165, 1.54) is 16.0 Å². The van der Waals surface area contributed by atoms with Gasteiger partial charge in [0.1, 0.15) is 5.75 Å². The van der Waals surface area contributed by atoms with Crippen LogP contribution in [0.15, 0.2) is 42.5 Å². The van der Waals surface area contributed by atoms with Crippen molar-refractivity contribution in [1.29, 1.82) is 0 Å². The number of likely N-dealkylation sites (tertiary alicyclic amines) is 1. The molecule has 5 nitrogen and oxygen atoms in total. The Hall–Kier alpha value is -2.66. The van der Waals surface area contributed by atoms with Gasteiger partial charge in [0.05, 0.1) is 17.7 Å². The molecule has 0 aromatic heterocycles. The first-order chi connectivity index (χ1) is 14.1. The van der Waals surface area contributed by atoms with Crippen molar-refractivity contribution in [3.63, 3.8) is 0 Å². The number of carbonyl (C=O) groups is 2. The Morgan fingerprint density at radius 3 is 2.62 bits per heavy atom. The van der Waals surface area contributed by atoms with Gasteiger partial charge in [0.15, 0.2) is 0 Å². The highest BCUT2D eigenvalue weighted by atomic mass is 16.5. The molecular formula is C24H26N2O3. The number of hydrogen-bond donors (Lipinski definition) is 0. The van der Waals surface area contributed by atoms with E-state index in [1.54, 1.807) is 12.1 Å². The van der Waals surface area contributed by atoms with E-state index in [9.17, 15) is 9.59 Å². The van der Waals surface area contributed by atoms with Gasteiger partial charge in [-0.1, -0.05) is 24.3 Å². The van der Waals surface area contributed by atoms with E-state index in [4.69, 9.17) is 4.74 Å². The van der Waals surface area contributed by atoms with E-state index in [0.717, 1.165) is 44.7 Å². The predicted octanol–water partition coefficient (Wildman–Crippen LogP) is 3.69. The smallest absolute Gasteiger partial charge is 0.261 e. The zero-order valence-electron chi connectivity index (χ0n) is 16.8. The van der Waals surface area contributed by atoms with Crippen LogP contribution in [-0.4, -0.2) is 47.9 Å². The van der Waals surface area contributed by atoms with Gasteiger partial charge >= 0.3 is 0 Å². The normalized spacial score (nSPS) is 22.4. The molecule has 3 heterocycles. The van der Waals surface area contributed by atoms with Crippen LogP contribution in [0, 0.1) is 5.92 Å². The topological polar surface area (TPSA) is 49.9 Å². The molecule has 0 saturated carbocycles. The van der Waals surface area contributed by atoms with Gasteiger partial charge in [-0.05, 0) is 61.6 Å². The third kappa shape index (κ3) is 3.23. The molecule has 0 spiro atoms. The van der Waals surface area contributed by atoms with Gasteiger partial charge in [-0.15, -0.1) is 0 Å². The Kier molecular flexibility index (Phi) is 4.63. The summed E-state index contributed by atoms with van der Waals surface area (Å²) in [4.78, 5) is 29.3. The van der Waals surface area contributed by atoms with Crippen molar-refractivity contribution in [2.75, 3.05) is 26.2 Å². The largest absolute Gasteiger partial charge is 0.493 e. The Morgan fingerprint density at radius 1 is 1.10 bits per heavy atom. The number of piperidine rings is 1. The zero-order valence-corrected chi connectivity index (χ0v) is 16.8. The second-order valence-electron chi connectivity index (χ2n) is 8.41. The van der Waals surface area contributed by atoms with E-state index in [2.05, 4.69) is 30.0 Å². The summed E-state index contributed by atoms with van der Waals surface area (Å²) in [5.41, 5.74) is 3.64. The lowest BCUT2D eigenvalue weighted by atomic mass is 9.94. The predicted molar refractivity (Wildman–Crippen MR) is 110 cm³/mol. The summed E-state index contributed by atoms with van der Waals surface area (Å²) in [6, 6.07) is 14.0. The van der Waals surface area contributed by atoms with E-state index < -0.39 is 0 Å². The highest BCUT2D eigenvalue weighted by molar-refractivity contribution is 6.21. The number of rotatable bonds is 4. The number of carbonyl (C=O) groups excluding carboxylic acids is 2. The number of fused-ring (bicyclic) bond motifs is 2. The summed E-state index contributed by atoms with van der Waals surface area (Å²) in [5.74, 6) is 1.03. The van der Waals surface area contributed by atoms with Crippen LogP contribution in [0.1, 0.15) is 57.7 Å². The summed E-state index contributed by atoms with van der Waals surface area (Å²) in [6.07, 6.45) is 3.12. The molecule has 1 fully saturated rings. The molecule has 0 bridgehead atoms. The zero-order chi connectivity index (χ0) is 20.0. The monoisotopic (exact) mass is 390 g/mol. The molecule has 2 atom stereocenters. The van der Waals surface area contributed by atoms with E-state index in [0.29, 0.717) is 23.6 Å². The van der Waals surface area contributed by atoms with Crippen LogP contribution in [0.4, 0.5) is 0 Å². The molecule has 150 valence electrons. The highest BCUT2D eigenvalue weighted by Gasteiger charge is 2.37. The second-order valence-corrected chi connectivity index (χ2v) is 8.41. The second kappa shape index (κ2) is 7.30. The number of benzene rings is 2. The van der Waals surface area contributed by atoms with Crippen LogP contribution < -0.4 is 4.74 Å². The van der Waals surface area contributed by atoms with Crippen LogP contribution in [0.2, 0.25) is 0 Å². The Morgan fingerprint density at radius 2 is 1.86 bits per heavy atom. The van der Waals surface area contributed by atoms with Gasteiger partial charge in [0.25, 0.3) is 11.8 Å². The van der Waals surface area contributed by atoms with Crippen molar-refractivity contribution < 1.29 is 14.3 Å². The van der Waals surface area contributed by atoms with Crippen LogP contribution in [0.3, 0.4) is 0 Å². The molecule has 2 aromatic carbocycles. The summed E-state index contributed by atoms with van der Waals surface area (Å²) >= 11 is 0. The third-order valence-electron chi connectivity index (χ3n) is 6.62. The maximum atomic E-state index is 12.7. The maximum absolute atomic E-state index is 12.7. The molecule has 1 saturated heterocycles. The summed E-state index contributed by atoms with van der Waals surface area (Å²) in [7, 11) is 0. The van der Waals surface area contributed by atoms with Crippen LogP contribution in [0.25, 0.3) is 0 Å². The molecule has 2 aromatic rings. The van der Waals surface area contributed by atoms with Crippen LogP contribution in [-0.2, 0) is 6.42 Å². The molecule has 3 aliphatic heterocycles. The number of nitrogens with zero attached hydrogens (tertiary/aromatic N) is 2. The first kappa shape index (κ1) is 18.4. The van der Waals surface area contributed by atoms with Gasteiger partial charge < -0.3 is 4.74 Å². The lowest BCUT2D eigenvalue weighted by Gasteiger charge is -2.38. The minimum Gasteiger partial charge on any atom is -0.493 e. The molecule has 2 unspecified atom stereocenters. The summed E-state index contributed by atoms with van der Waals surface area (Å²) < 4.78 is 5.74. The molecule has 2 amide bonds. The fourth-order valence-corrected chi connectivity index (χ4v) is 4.91. The first-order valence-electron chi connectivity index (χ1n) is 10.6. The van der Waals surface area contributed by atoms with Crippen molar-refractivity contribution in [1.82, 2.24) is 9.80 Å². The highest BCUT2D eigenvalue weighted by Crippen LogP contribution is 2.33. The molecular weight excluding hydrogens is 364 g/mol. The van der Waals surface area contributed by atoms with Gasteiger partial charge in [0, 0.05) is 25.6 Å². The lowest BCUT2D eigenvalue weighted by molar-refractivity contribution is 0.0567. The quantitative estimate of drug-likeness (QED) is 0.747. The van der Waals surface area contributed by atoms with Crippen molar-refractivity contribution >= 4 is 11.8 Å². The van der Waals surface area contributed by atoms with Gasteiger partial charge in [0.2, 0.25) is 0 Å². The fourth-order valence-electron chi connectivity index (χ4n) is 4.91. The molecule has 0 aliphatic carbocycles. The molecule has 0 radical (unpaired) electrons. The van der Waals surface area contributed by atoms with Gasteiger partial charge in [-0.3, -0.25) is 19.4 Å². The van der Waals surface area contributed by atoms with Gasteiger partial charge in [-0.2, -0.15) is 0 Å². The van der Waals surface area contributed by atoms with Crippen molar-refractivity contribution in [3.8, 4) is 5.75 Å². The maximum Gasteiger partial charge on any atom is 0.261 e. The molecule has 3 aliphatic rings. The number of hydrogen-bond acceptors (Lipinski definition) is 4. The number of amides is 2. The van der Waals surface area contributed by atoms with Crippen molar-refractivity contribution in [2.24, 2.45) is 5.92 Å². The standard InChI is InChI=1S/C24H26N2O3/c1-16(19-9-8-18-10-12-29-22(18)13-19)25-11-4-5-17(14-25)15-26-23(27)20-6-2-3-7-21(20)24(26)28/h2-3,6-9,13,16-17H,4-5,10-12,14-15H2,1H3. The Balaban J connectivity index is 1.28. The van der Waals surface area contributed by atoms with Crippen LogP contribution in [0.5, 0.6) is 5.75 Å². The SMILES string of the molecule is CC(c1ccc2c(c1)OCC2)N1CCCC(CN2C(=O)c3ccccc3C2=O)C1. The average Bonchev–Trinajstić information content (AvgIpc) is 3.32. The first-order valence-corrected chi connectivity index (χ1v) is 10.6. The van der Waals surface area contributed by atoms with Crippen LogP contribution >= 0.6 is 0 Å². The van der Waals surface area contributed by atoms with Crippen molar-refractivity contribution in [3.05, 3.63) is 64.7 Å². The minimum atomic E-state index is -0.147. The van der Waals surface area contributed by atoms with Crippen molar-refractivity contribution in [2.45, 2.75) is 32.2 Å². The fraction of sp³-hybridized carbons (Fsp3) is 0.417. The summed E-state index contributed by atoms with van der Waals surface area (Å²) in [6.45, 7) is 5.45.